The molecule has 2 aliphatic rings. The third-order valence-corrected chi connectivity index (χ3v) is 11.9. The number of carbonyl (C=O) groups excluding carboxylic acids is 2. The second kappa shape index (κ2) is 20.4. The average Bonchev–Trinajstić information content (AvgIpc) is 3.55. The van der Waals surface area contributed by atoms with Crippen molar-refractivity contribution >= 4 is 65.9 Å². The number of hydrogen-bond donors (Lipinski definition) is 0. The number of carbonyl (C=O) groups is 2. The van der Waals surface area contributed by atoms with E-state index in [2.05, 4.69) is 105 Å². The zero-order valence-corrected chi connectivity index (χ0v) is 36.3. The fourth-order valence-electron chi connectivity index (χ4n) is 7.85. The lowest BCUT2D eigenvalue weighted by Crippen LogP contribution is -2.24. The van der Waals surface area contributed by atoms with Crippen molar-refractivity contribution in [3.63, 3.8) is 0 Å². The van der Waals surface area contributed by atoms with Crippen molar-refractivity contribution in [2.24, 2.45) is 0 Å². The molecule has 1 unspecified atom stereocenters. The molecule has 0 amide bonds. The highest BCUT2D eigenvalue weighted by Gasteiger charge is 2.35. The van der Waals surface area contributed by atoms with Crippen LogP contribution in [0.5, 0.6) is 5.75 Å². The van der Waals surface area contributed by atoms with Crippen LogP contribution in [0.4, 0.5) is 0 Å². The Kier molecular flexibility index (Phi) is 14.6. The summed E-state index contributed by atoms with van der Waals surface area (Å²) in [7, 11) is 0. The first kappa shape index (κ1) is 41.6. The third-order valence-electron chi connectivity index (χ3n) is 10.9. The molecule has 1 aliphatic carbocycles. The second-order valence-corrected chi connectivity index (χ2v) is 16.8. The molecule has 0 bridgehead atoms. The summed E-state index contributed by atoms with van der Waals surface area (Å²) < 4.78 is 18.8. The van der Waals surface area contributed by atoms with Gasteiger partial charge in [-0.1, -0.05) is 142 Å². The van der Waals surface area contributed by atoms with Gasteiger partial charge in [0.1, 0.15) is 5.75 Å². The normalized spacial score (nSPS) is 15.6. The van der Waals surface area contributed by atoms with Crippen LogP contribution in [-0.4, -0.2) is 31.3 Å². The first-order valence-electron chi connectivity index (χ1n) is 20.7. The predicted octanol–water partition coefficient (Wildman–Crippen LogP) is 13.7. The van der Waals surface area contributed by atoms with Crippen LogP contribution in [0.1, 0.15) is 98.9 Å². The number of allylic oxidation sites excluding steroid dienone is 4. The van der Waals surface area contributed by atoms with Gasteiger partial charge in [-0.25, -0.2) is 0 Å². The fourth-order valence-corrected chi connectivity index (χ4v) is 8.38. The predicted molar refractivity (Wildman–Crippen MR) is 242 cm³/mol. The fraction of sp³-hybridized carbons (Fsp3) is 0.294. The summed E-state index contributed by atoms with van der Waals surface area (Å²) in [6.07, 6.45) is 10.9. The van der Waals surface area contributed by atoms with Crippen molar-refractivity contribution < 1.29 is 23.8 Å². The molecule has 7 heteroatoms. The van der Waals surface area contributed by atoms with Crippen molar-refractivity contribution in [3.05, 3.63) is 158 Å². The number of halogens is 2. The molecule has 0 saturated carbocycles. The van der Waals surface area contributed by atoms with E-state index in [1.807, 2.05) is 55.5 Å². The van der Waals surface area contributed by atoms with Crippen LogP contribution in [0.3, 0.4) is 0 Å². The van der Waals surface area contributed by atoms with Crippen LogP contribution in [0.2, 0.25) is 0 Å². The van der Waals surface area contributed by atoms with E-state index in [1.54, 1.807) is 0 Å². The van der Waals surface area contributed by atoms with Gasteiger partial charge in [0, 0.05) is 44.1 Å². The van der Waals surface area contributed by atoms with Gasteiger partial charge in [0.15, 0.2) is 12.1 Å². The van der Waals surface area contributed by atoms with Gasteiger partial charge < -0.3 is 14.2 Å². The van der Waals surface area contributed by atoms with Crippen LogP contribution < -0.4 is 4.74 Å². The second-order valence-electron chi connectivity index (χ2n) is 15.0. The molecule has 0 aromatic heterocycles. The highest BCUT2D eigenvalue weighted by atomic mass is 79.9. The molecule has 0 radical (unpaired) electrons. The first-order valence-corrected chi connectivity index (χ1v) is 22.3. The minimum Gasteiger partial charge on any atom is -0.466 e. The van der Waals surface area contributed by atoms with Gasteiger partial charge in [-0.3, -0.25) is 9.59 Å². The molecular weight excluding hydrogens is 852 g/mol. The van der Waals surface area contributed by atoms with Gasteiger partial charge in [0.2, 0.25) is 0 Å². The molecule has 298 valence electrons. The molecular formula is C51H50Br2O5. The number of rotatable bonds is 17. The van der Waals surface area contributed by atoms with E-state index in [9.17, 15) is 9.59 Å². The summed E-state index contributed by atoms with van der Waals surface area (Å²) in [5.74, 6) is 0.735. The van der Waals surface area contributed by atoms with Gasteiger partial charge >= 0.3 is 5.97 Å². The molecule has 1 heterocycles. The minimum absolute atomic E-state index is 0.0209. The summed E-state index contributed by atoms with van der Waals surface area (Å²) in [6, 6.07) is 41.7. The van der Waals surface area contributed by atoms with E-state index in [-0.39, 0.29) is 18.0 Å². The molecule has 1 atom stereocenters. The average molecular weight is 903 g/mol. The number of ketones is 1. The van der Waals surface area contributed by atoms with E-state index in [4.69, 9.17) is 14.2 Å². The van der Waals surface area contributed by atoms with Crippen LogP contribution in [-0.2, 0) is 25.5 Å². The van der Waals surface area contributed by atoms with Gasteiger partial charge in [-0.05, 0) is 114 Å². The minimum atomic E-state index is -0.182. The number of hydrogen-bond acceptors (Lipinski definition) is 5. The van der Waals surface area contributed by atoms with Crippen molar-refractivity contribution in [3.8, 4) is 16.9 Å². The summed E-state index contributed by atoms with van der Waals surface area (Å²) in [4.78, 5) is 26.6. The molecule has 0 spiro atoms. The zero-order chi connectivity index (χ0) is 40.3. The van der Waals surface area contributed by atoms with E-state index < -0.39 is 0 Å². The Morgan fingerprint density at radius 3 is 1.59 bits per heavy atom. The van der Waals surface area contributed by atoms with E-state index in [0.717, 1.165) is 130 Å². The Morgan fingerprint density at radius 2 is 1.05 bits per heavy atom. The number of unbranched alkanes of at least 4 members (excludes halogenated alkanes) is 5. The SMILES string of the molecule is CCOC(=O)CCCCCCCCc1ccc(C2=C(c3ccc(-c4ccc(OC5CCCCO5)cc4)cc3)C(c3ccc(Br)cc3)=C(c3ccc(Br)cc3)C2=O)cc1. The smallest absolute Gasteiger partial charge is 0.305 e. The summed E-state index contributed by atoms with van der Waals surface area (Å²) >= 11 is 7.22. The Bertz CT molecular complexity index is 2210. The number of aryl methyl sites for hydroxylation is 1. The maximum atomic E-state index is 15.0. The topological polar surface area (TPSA) is 61.8 Å². The molecule has 58 heavy (non-hydrogen) atoms. The maximum absolute atomic E-state index is 15.0. The Morgan fingerprint density at radius 1 is 0.586 bits per heavy atom. The Balaban J connectivity index is 1.16. The number of esters is 1. The molecule has 5 aromatic rings. The van der Waals surface area contributed by atoms with Crippen molar-refractivity contribution in [1.29, 1.82) is 0 Å². The van der Waals surface area contributed by atoms with Gasteiger partial charge in [0.25, 0.3) is 0 Å². The number of Topliss-reactive ketones (excluding diaryl/α,β-unsaturated/α-hetero) is 1. The quantitative estimate of drug-likeness (QED) is 0.0687. The molecule has 5 aromatic carbocycles. The van der Waals surface area contributed by atoms with Gasteiger partial charge in [0.05, 0.1) is 13.2 Å². The van der Waals surface area contributed by atoms with E-state index >= 15 is 0 Å². The van der Waals surface area contributed by atoms with Crippen molar-refractivity contribution in [2.75, 3.05) is 13.2 Å². The molecule has 1 aliphatic heterocycles. The highest BCUT2D eigenvalue weighted by molar-refractivity contribution is 9.10. The summed E-state index contributed by atoms with van der Waals surface area (Å²) in [5, 5.41) is 0. The van der Waals surface area contributed by atoms with Crippen LogP contribution in [0, 0.1) is 0 Å². The molecule has 1 saturated heterocycles. The van der Waals surface area contributed by atoms with E-state index in [1.165, 1.54) is 5.56 Å². The highest BCUT2D eigenvalue weighted by Crippen LogP contribution is 2.50. The zero-order valence-electron chi connectivity index (χ0n) is 33.1. The third kappa shape index (κ3) is 10.5. The lowest BCUT2D eigenvalue weighted by Gasteiger charge is -2.23. The van der Waals surface area contributed by atoms with Gasteiger partial charge in [-0.2, -0.15) is 0 Å². The van der Waals surface area contributed by atoms with Crippen LogP contribution in [0.15, 0.2) is 130 Å². The summed E-state index contributed by atoms with van der Waals surface area (Å²) in [6.45, 7) is 3.04. The Labute approximate surface area is 359 Å². The van der Waals surface area contributed by atoms with Crippen molar-refractivity contribution in [1.82, 2.24) is 0 Å². The van der Waals surface area contributed by atoms with Crippen LogP contribution in [0.25, 0.3) is 33.4 Å². The van der Waals surface area contributed by atoms with Crippen molar-refractivity contribution in [2.45, 2.75) is 83.8 Å². The van der Waals surface area contributed by atoms with Gasteiger partial charge in [-0.15, -0.1) is 0 Å². The lowest BCUT2D eigenvalue weighted by molar-refractivity contribution is -0.143. The molecule has 0 N–H and O–H groups in total. The molecule has 5 nitrogen and oxygen atoms in total. The molecule has 1 fully saturated rings. The van der Waals surface area contributed by atoms with E-state index in [0.29, 0.717) is 24.2 Å². The largest absolute Gasteiger partial charge is 0.466 e. The number of benzene rings is 5. The molecule has 7 rings (SSSR count). The summed E-state index contributed by atoms with van der Waals surface area (Å²) in [5.41, 5.74) is 10.5. The monoisotopic (exact) mass is 900 g/mol. The lowest BCUT2D eigenvalue weighted by atomic mass is 9.88. The standard InChI is InChI=1S/C51H50Br2O5/c1-2-56-45(54)12-8-6-4-3-5-7-11-35-14-16-40(17-15-35)49-47(48(39-22-28-42(52)29-23-39)50(51(49)55)41-24-30-43(53)31-25-41)38-20-18-36(19-21-38)37-26-32-44(33-27-37)58-46-13-9-10-34-57-46/h14-33,46H,2-13,34H2,1H3. The Hall–Kier alpha value is -4.56. The van der Waals surface area contributed by atoms with Crippen LogP contribution >= 0.6 is 31.9 Å². The maximum Gasteiger partial charge on any atom is 0.305 e. The number of ether oxygens (including phenoxy) is 3. The first-order chi connectivity index (χ1) is 28.4.